The molecule has 0 radical (unpaired) electrons. The summed E-state index contributed by atoms with van der Waals surface area (Å²) >= 11 is 0. The van der Waals surface area contributed by atoms with Gasteiger partial charge in [0.1, 0.15) is 11.2 Å². The van der Waals surface area contributed by atoms with E-state index in [4.69, 9.17) is 0 Å². The van der Waals surface area contributed by atoms with Crippen molar-refractivity contribution in [1.29, 1.82) is 0 Å². The molecule has 0 aromatic heterocycles. The van der Waals surface area contributed by atoms with Crippen molar-refractivity contribution in [2.24, 2.45) is 0 Å². The number of phenols is 1. The van der Waals surface area contributed by atoms with Crippen LogP contribution in [-0.2, 0) is 16.6 Å². The highest BCUT2D eigenvalue weighted by Gasteiger charge is 2.50. The van der Waals surface area contributed by atoms with Crippen LogP contribution in [0.2, 0.25) is 0 Å². The SMILES string of the molecule is Cc1cc(C2(c3ccccc3)C(=O)Nc3cc(Cc4ccccc4)ccc32)cc(C)c1O. The molecule has 2 N–H and O–H groups in total. The zero-order valence-electron chi connectivity index (χ0n) is 18.2. The fourth-order valence-electron chi connectivity index (χ4n) is 4.90. The first-order chi connectivity index (χ1) is 15.5. The number of carbonyl (C=O) groups is 1. The number of aryl methyl sites for hydroxylation is 2. The topological polar surface area (TPSA) is 49.3 Å². The summed E-state index contributed by atoms with van der Waals surface area (Å²) < 4.78 is 0. The lowest BCUT2D eigenvalue weighted by Gasteiger charge is -2.30. The lowest BCUT2D eigenvalue weighted by Crippen LogP contribution is -2.37. The molecule has 4 aromatic rings. The fourth-order valence-corrected chi connectivity index (χ4v) is 4.90. The second kappa shape index (κ2) is 7.69. The van der Waals surface area contributed by atoms with E-state index >= 15 is 0 Å². The van der Waals surface area contributed by atoms with Gasteiger partial charge in [-0.25, -0.2) is 0 Å². The Balaban J connectivity index is 1.70. The van der Waals surface area contributed by atoms with Gasteiger partial charge in [-0.2, -0.15) is 0 Å². The lowest BCUT2D eigenvalue weighted by atomic mass is 9.69. The largest absolute Gasteiger partial charge is 0.507 e. The Morgan fingerprint density at radius 2 is 1.38 bits per heavy atom. The van der Waals surface area contributed by atoms with Crippen molar-refractivity contribution in [3.63, 3.8) is 0 Å². The van der Waals surface area contributed by atoms with Crippen molar-refractivity contribution < 1.29 is 9.90 Å². The highest BCUT2D eigenvalue weighted by Crippen LogP contribution is 2.49. The molecule has 1 unspecified atom stereocenters. The average Bonchev–Trinajstić information content (AvgIpc) is 3.10. The summed E-state index contributed by atoms with van der Waals surface area (Å²) in [5.74, 6) is 0.203. The molecular weight excluding hydrogens is 394 g/mol. The molecule has 0 fully saturated rings. The van der Waals surface area contributed by atoms with E-state index in [-0.39, 0.29) is 11.7 Å². The maximum Gasteiger partial charge on any atom is 0.244 e. The number of aromatic hydroxyl groups is 1. The summed E-state index contributed by atoms with van der Waals surface area (Å²) in [7, 11) is 0. The van der Waals surface area contributed by atoms with Crippen molar-refractivity contribution in [3.8, 4) is 5.75 Å². The molecule has 158 valence electrons. The van der Waals surface area contributed by atoms with Gasteiger partial charge in [-0.15, -0.1) is 0 Å². The Morgan fingerprint density at radius 1 is 0.750 bits per heavy atom. The van der Waals surface area contributed by atoms with Crippen LogP contribution in [0, 0.1) is 13.8 Å². The van der Waals surface area contributed by atoms with E-state index in [9.17, 15) is 9.90 Å². The fraction of sp³-hybridized carbons (Fsp3) is 0.138. The summed E-state index contributed by atoms with van der Waals surface area (Å²) in [6.45, 7) is 3.75. The third-order valence-electron chi connectivity index (χ3n) is 6.46. The molecule has 0 spiro atoms. The van der Waals surface area contributed by atoms with Crippen LogP contribution in [0.3, 0.4) is 0 Å². The van der Waals surface area contributed by atoms with Crippen LogP contribution >= 0.6 is 0 Å². The predicted octanol–water partition coefficient (Wildman–Crippen LogP) is 5.89. The monoisotopic (exact) mass is 419 g/mol. The quantitative estimate of drug-likeness (QED) is 0.434. The van der Waals surface area contributed by atoms with Crippen LogP contribution in [0.1, 0.15) is 38.9 Å². The van der Waals surface area contributed by atoms with Gasteiger partial charge in [-0.3, -0.25) is 4.79 Å². The molecule has 3 nitrogen and oxygen atoms in total. The van der Waals surface area contributed by atoms with Gasteiger partial charge in [0.05, 0.1) is 0 Å². The number of rotatable bonds is 4. The predicted molar refractivity (Wildman–Crippen MR) is 128 cm³/mol. The van der Waals surface area contributed by atoms with Crippen LogP contribution in [0.5, 0.6) is 5.75 Å². The van der Waals surface area contributed by atoms with Crippen molar-refractivity contribution in [3.05, 3.63) is 130 Å². The Labute approximate surface area is 188 Å². The zero-order chi connectivity index (χ0) is 22.3. The number of benzene rings is 4. The van der Waals surface area contributed by atoms with Crippen LogP contribution in [0.25, 0.3) is 0 Å². The highest BCUT2D eigenvalue weighted by molar-refractivity contribution is 6.11. The molecule has 1 aliphatic rings. The molecule has 0 saturated carbocycles. The van der Waals surface area contributed by atoms with E-state index in [0.29, 0.717) is 0 Å². The van der Waals surface area contributed by atoms with E-state index in [1.807, 2.05) is 74.5 Å². The summed E-state index contributed by atoms with van der Waals surface area (Å²) in [5, 5.41) is 13.5. The minimum atomic E-state index is -0.967. The number of hydrogen-bond donors (Lipinski definition) is 2. The van der Waals surface area contributed by atoms with Crippen LogP contribution in [-0.4, -0.2) is 11.0 Å². The molecule has 32 heavy (non-hydrogen) atoms. The molecule has 1 heterocycles. The van der Waals surface area contributed by atoms with Crippen LogP contribution in [0.15, 0.2) is 91.0 Å². The zero-order valence-corrected chi connectivity index (χ0v) is 18.2. The summed E-state index contributed by atoms with van der Waals surface area (Å²) in [5.41, 5.74) is 6.50. The summed E-state index contributed by atoms with van der Waals surface area (Å²) in [6.07, 6.45) is 0.805. The van der Waals surface area contributed by atoms with Gasteiger partial charge in [-0.1, -0.05) is 84.9 Å². The third-order valence-corrected chi connectivity index (χ3v) is 6.46. The van der Waals surface area contributed by atoms with Gasteiger partial charge in [-0.05, 0) is 59.7 Å². The Morgan fingerprint density at radius 3 is 2.03 bits per heavy atom. The van der Waals surface area contributed by atoms with Crippen molar-refractivity contribution in [1.82, 2.24) is 0 Å². The molecule has 4 aromatic carbocycles. The number of fused-ring (bicyclic) bond motifs is 1. The minimum absolute atomic E-state index is 0.0694. The molecule has 1 amide bonds. The van der Waals surface area contributed by atoms with Crippen LogP contribution in [0.4, 0.5) is 5.69 Å². The lowest BCUT2D eigenvalue weighted by molar-refractivity contribution is -0.118. The van der Waals surface area contributed by atoms with E-state index in [1.54, 1.807) is 0 Å². The third kappa shape index (κ3) is 3.09. The van der Waals surface area contributed by atoms with E-state index < -0.39 is 5.41 Å². The van der Waals surface area contributed by atoms with Gasteiger partial charge < -0.3 is 10.4 Å². The van der Waals surface area contributed by atoms with Gasteiger partial charge in [0.2, 0.25) is 5.91 Å². The number of amides is 1. The normalized spacial score (nSPS) is 17.1. The molecule has 5 rings (SSSR count). The maximum absolute atomic E-state index is 13.8. The summed E-state index contributed by atoms with van der Waals surface area (Å²) in [6, 6.07) is 30.4. The number of nitrogens with one attached hydrogen (secondary N) is 1. The second-order valence-electron chi connectivity index (χ2n) is 8.57. The first-order valence-corrected chi connectivity index (χ1v) is 10.8. The van der Waals surface area contributed by atoms with Crippen molar-refractivity contribution >= 4 is 11.6 Å². The standard InChI is InChI=1S/C29H25NO2/c1-19-15-24(16-20(2)27(19)31)29(23-11-7-4-8-12-23)25-14-13-22(18-26(25)30-28(29)32)17-21-9-5-3-6-10-21/h3-16,18,31H,17H2,1-2H3,(H,30,32). The van der Waals surface area contributed by atoms with E-state index in [0.717, 1.165) is 45.5 Å². The van der Waals surface area contributed by atoms with E-state index in [1.165, 1.54) is 5.56 Å². The molecule has 0 saturated heterocycles. The molecule has 0 bridgehead atoms. The highest BCUT2D eigenvalue weighted by atomic mass is 16.3. The average molecular weight is 420 g/mol. The molecule has 1 atom stereocenters. The minimum Gasteiger partial charge on any atom is -0.507 e. The number of anilines is 1. The van der Waals surface area contributed by atoms with Crippen molar-refractivity contribution in [2.75, 3.05) is 5.32 Å². The van der Waals surface area contributed by atoms with Gasteiger partial charge in [0.25, 0.3) is 0 Å². The molecular formula is C29H25NO2. The molecule has 0 aliphatic carbocycles. The maximum atomic E-state index is 13.8. The summed E-state index contributed by atoms with van der Waals surface area (Å²) in [4.78, 5) is 13.8. The van der Waals surface area contributed by atoms with Crippen molar-refractivity contribution in [2.45, 2.75) is 25.7 Å². The Kier molecular flexibility index (Phi) is 4.82. The van der Waals surface area contributed by atoms with Gasteiger partial charge in [0.15, 0.2) is 0 Å². The first kappa shape index (κ1) is 20.1. The second-order valence-corrected chi connectivity index (χ2v) is 8.57. The Bertz CT molecular complexity index is 1290. The van der Waals surface area contributed by atoms with Gasteiger partial charge >= 0.3 is 0 Å². The molecule has 3 heteroatoms. The number of hydrogen-bond acceptors (Lipinski definition) is 2. The smallest absolute Gasteiger partial charge is 0.244 e. The van der Waals surface area contributed by atoms with Gasteiger partial charge in [0, 0.05) is 11.3 Å². The number of phenolic OH excluding ortho intramolecular Hbond substituents is 1. The molecule has 1 aliphatic heterocycles. The van der Waals surface area contributed by atoms with E-state index in [2.05, 4.69) is 35.6 Å². The number of carbonyl (C=O) groups excluding carboxylic acids is 1. The first-order valence-electron chi connectivity index (χ1n) is 10.8. The Hall–Kier alpha value is -3.85. The van der Waals surface area contributed by atoms with Crippen LogP contribution < -0.4 is 5.32 Å².